The average molecular weight is 230 g/mol. The van der Waals surface area contributed by atoms with Crippen molar-refractivity contribution in [3.8, 4) is 0 Å². The van der Waals surface area contributed by atoms with Gasteiger partial charge in [-0.15, -0.1) is 12.4 Å². The van der Waals surface area contributed by atoms with Crippen LogP contribution in [0.4, 0.5) is 0 Å². The molecule has 0 saturated carbocycles. The van der Waals surface area contributed by atoms with Crippen molar-refractivity contribution >= 4 is 12.4 Å². The van der Waals surface area contributed by atoms with Gasteiger partial charge in [-0.25, -0.2) is 0 Å². The highest BCUT2D eigenvalue weighted by molar-refractivity contribution is 5.85. The highest BCUT2D eigenvalue weighted by Gasteiger charge is 2.22. The van der Waals surface area contributed by atoms with Crippen LogP contribution in [0.15, 0.2) is 30.3 Å². The molecule has 4 heteroatoms. The van der Waals surface area contributed by atoms with Gasteiger partial charge in [0, 0.05) is 6.54 Å². The van der Waals surface area contributed by atoms with Gasteiger partial charge in [0.1, 0.15) is 0 Å². The lowest BCUT2D eigenvalue weighted by atomic mass is 10.0. The third-order valence-electron chi connectivity index (χ3n) is 2.47. The van der Waals surface area contributed by atoms with Crippen molar-refractivity contribution in [1.29, 1.82) is 0 Å². The quantitative estimate of drug-likeness (QED) is 0.799. The first kappa shape index (κ1) is 12.5. The fourth-order valence-electron chi connectivity index (χ4n) is 1.67. The van der Waals surface area contributed by atoms with Gasteiger partial charge >= 0.3 is 0 Å². The monoisotopic (exact) mass is 229 g/mol. The van der Waals surface area contributed by atoms with E-state index >= 15 is 0 Å². The fourth-order valence-corrected chi connectivity index (χ4v) is 1.67. The second kappa shape index (κ2) is 6.08. The maximum Gasteiger partial charge on any atom is 0.0965 e. The molecule has 2 atom stereocenters. The van der Waals surface area contributed by atoms with E-state index in [0.717, 1.165) is 18.7 Å². The third-order valence-corrected chi connectivity index (χ3v) is 2.47. The van der Waals surface area contributed by atoms with E-state index in [1.165, 1.54) is 0 Å². The second-order valence-electron chi connectivity index (χ2n) is 3.49. The first-order chi connectivity index (χ1) is 6.88. The highest BCUT2D eigenvalue weighted by atomic mass is 35.5. The number of hydrogen-bond donors (Lipinski definition) is 2. The number of aliphatic hydroxyl groups excluding tert-OH is 1. The number of nitrogens with one attached hydrogen (secondary N) is 1. The van der Waals surface area contributed by atoms with E-state index in [4.69, 9.17) is 4.74 Å². The number of rotatable bonds is 2. The minimum Gasteiger partial charge on any atom is -0.387 e. The van der Waals surface area contributed by atoms with Gasteiger partial charge in [-0.1, -0.05) is 30.3 Å². The van der Waals surface area contributed by atoms with E-state index in [1.54, 1.807) is 0 Å². The van der Waals surface area contributed by atoms with Gasteiger partial charge in [0.15, 0.2) is 0 Å². The zero-order valence-corrected chi connectivity index (χ0v) is 9.24. The molecule has 0 bridgehead atoms. The minimum atomic E-state index is -0.475. The van der Waals surface area contributed by atoms with Crippen LogP contribution in [0.25, 0.3) is 0 Å². The SMILES string of the molecule is Cl.O[C@@H](c1ccccc1)C1COCCN1. The van der Waals surface area contributed by atoms with Crippen LogP contribution in [-0.4, -0.2) is 30.9 Å². The molecule has 1 heterocycles. The molecule has 1 fully saturated rings. The molecule has 2 N–H and O–H groups in total. The molecule has 1 aliphatic rings. The standard InChI is InChI=1S/C11H15NO2.ClH/c13-11(9-4-2-1-3-5-9)10-8-14-7-6-12-10;/h1-5,10-13H,6-8H2;1H/t10?,11-;/m0./s1. The Hall–Kier alpha value is -0.610. The van der Waals surface area contributed by atoms with Crippen molar-refractivity contribution in [3.05, 3.63) is 35.9 Å². The summed E-state index contributed by atoms with van der Waals surface area (Å²) < 4.78 is 5.30. The maximum atomic E-state index is 10.0. The molecule has 1 aromatic rings. The molecule has 0 aromatic heterocycles. The molecule has 1 saturated heterocycles. The molecule has 1 unspecified atom stereocenters. The van der Waals surface area contributed by atoms with Crippen molar-refractivity contribution in [3.63, 3.8) is 0 Å². The molecule has 0 amide bonds. The number of aliphatic hydroxyl groups is 1. The zero-order valence-electron chi connectivity index (χ0n) is 8.43. The number of benzene rings is 1. The lowest BCUT2D eigenvalue weighted by Gasteiger charge is -2.28. The summed E-state index contributed by atoms with van der Waals surface area (Å²) in [6.45, 7) is 2.13. The Bertz CT molecular complexity index is 275. The van der Waals surface area contributed by atoms with Gasteiger partial charge in [-0.2, -0.15) is 0 Å². The molecule has 0 aliphatic carbocycles. The van der Waals surface area contributed by atoms with Crippen molar-refractivity contribution in [1.82, 2.24) is 5.32 Å². The van der Waals surface area contributed by atoms with Crippen LogP contribution in [0.3, 0.4) is 0 Å². The smallest absolute Gasteiger partial charge is 0.0965 e. The first-order valence-corrected chi connectivity index (χ1v) is 4.92. The van der Waals surface area contributed by atoms with E-state index < -0.39 is 6.10 Å². The predicted octanol–water partition coefficient (Wildman–Crippen LogP) is 1.13. The maximum absolute atomic E-state index is 10.0. The summed E-state index contributed by atoms with van der Waals surface area (Å²) in [5.41, 5.74) is 0.940. The highest BCUT2D eigenvalue weighted by Crippen LogP contribution is 2.17. The Balaban J connectivity index is 0.00000112. The Morgan fingerprint density at radius 3 is 2.67 bits per heavy atom. The molecule has 0 spiro atoms. The number of hydrogen-bond acceptors (Lipinski definition) is 3. The van der Waals surface area contributed by atoms with Crippen LogP contribution >= 0.6 is 12.4 Å². The predicted molar refractivity (Wildman–Crippen MR) is 61.3 cm³/mol. The average Bonchev–Trinajstić information content (AvgIpc) is 2.30. The Kier molecular flexibility index (Phi) is 5.05. The van der Waals surface area contributed by atoms with E-state index in [-0.39, 0.29) is 18.4 Å². The Morgan fingerprint density at radius 2 is 2.07 bits per heavy atom. The van der Waals surface area contributed by atoms with Gasteiger partial charge in [-0.3, -0.25) is 0 Å². The first-order valence-electron chi connectivity index (χ1n) is 4.92. The van der Waals surface area contributed by atoms with Crippen LogP contribution in [0, 0.1) is 0 Å². The molecule has 1 aromatic carbocycles. The summed E-state index contributed by atoms with van der Waals surface area (Å²) in [7, 11) is 0. The lowest BCUT2D eigenvalue weighted by Crippen LogP contribution is -2.45. The van der Waals surface area contributed by atoms with Crippen LogP contribution in [-0.2, 0) is 4.74 Å². The van der Waals surface area contributed by atoms with E-state index in [0.29, 0.717) is 6.61 Å². The largest absolute Gasteiger partial charge is 0.387 e. The van der Waals surface area contributed by atoms with Gasteiger partial charge in [-0.05, 0) is 5.56 Å². The minimum absolute atomic E-state index is 0. The number of halogens is 1. The lowest BCUT2D eigenvalue weighted by molar-refractivity contribution is 0.0177. The zero-order chi connectivity index (χ0) is 9.80. The van der Waals surface area contributed by atoms with Crippen LogP contribution in [0.5, 0.6) is 0 Å². The topological polar surface area (TPSA) is 41.5 Å². The van der Waals surface area contributed by atoms with Crippen molar-refractivity contribution in [2.45, 2.75) is 12.1 Å². The van der Waals surface area contributed by atoms with Gasteiger partial charge in [0.05, 0.1) is 25.4 Å². The van der Waals surface area contributed by atoms with E-state index in [9.17, 15) is 5.11 Å². The van der Waals surface area contributed by atoms with Crippen LogP contribution in [0.1, 0.15) is 11.7 Å². The molecular weight excluding hydrogens is 214 g/mol. The van der Waals surface area contributed by atoms with E-state index in [1.807, 2.05) is 30.3 Å². The molecular formula is C11H16ClNO2. The number of morpholine rings is 1. The Labute approximate surface area is 95.9 Å². The van der Waals surface area contributed by atoms with Gasteiger partial charge < -0.3 is 15.2 Å². The summed E-state index contributed by atoms with van der Waals surface area (Å²) in [5.74, 6) is 0. The van der Waals surface area contributed by atoms with Gasteiger partial charge in [0.25, 0.3) is 0 Å². The summed E-state index contributed by atoms with van der Waals surface area (Å²) >= 11 is 0. The molecule has 84 valence electrons. The van der Waals surface area contributed by atoms with Gasteiger partial charge in [0.2, 0.25) is 0 Å². The summed E-state index contributed by atoms with van der Waals surface area (Å²) in [5, 5.41) is 13.2. The molecule has 3 nitrogen and oxygen atoms in total. The fraction of sp³-hybridized carbons (Fsp3) is 0.455. The van der Waals surface area contributed by atoms with Crippen molar-refractivity contribution in [2.24, 2.45) is 0 Å². The summed E-state index contributed by atoms with van der Waals surface area (Å²) in [6.07, 6.45) is -0.475. The molecule has 15 heavy (non-hydrogen) atoms. The van der Waals surface area contributed by atoms with Crippen molar-refractivity contribution < 1.29 is 9.84 Å². The van der Waals surface area contributed by atoms with Crippen molar-refractivity contribution in [2.75, 3.05) is 19.8 Å². The normalized spacial score (nSPS) is 22.9. The second-order valence-corrected chi connectivity index (χ2v) is 3.49. The van der Waals surface area contributed by atoms with Crippen LogP contribution < -0.4 is 5.32 Å². The molecule has 2 rings (SSSR count). The third kappa shape index (κ3) is 3.18. The molecule has 0 radical (unpaired) electrons. The van der Waals surface area contributed by atoms with E-state index in [2.05, 4.69) is 5.32 Å². The van der Waals surface area contributed by atoms with Crippen LogP contribution in [0.2, 0.25) is 0 Å². The number of ether oxygens (including phenoxy) is 1. The Morgan fingerprint density at radius 1 is 1.33 bits per heavy atom. The summed E-state index contributed by atoms with van der Waals surface area (Å²) in [4.78, 5) is 0. The summed E-state index contributed by atoms with van der Waals surface area (Å²) in [6, 6.07) is 9.69. The molecule has 1 aliphatic heterocycles.